The smallest absolute Gasteiger partial charge is 0.255 e. The molecule has 0 spiro atoms. The number of nitrogens with one attached hydrogen (secondary N) is 2. The average molecular weight is 419 g/mol. The molecule has 0 aliphatic rings. The Morgan fingerprint density at radius 2 is 1.77 bits per heavy atom. The summed E-state index contributed by atoms with van der Waals surface area (Å²) in [5.41, 5.74) is 2.66. The molecular weight excluding hydrogens is 396 g/mol. The summed E-state index contributed by atoms with van der Waals surface area (Å²) in [5, 5.41) is 5.73. The molecule has 2 aromatic carbocycles. The molecule has 0 heterocycles. The van der Waals surface area contributed by atoms with Gasteiger partial charge in [-0.05, 0) is 72.6 Å². The highest BCUT2D eigenvalue weighted by molar-refractivity contribution is 9.10. The van der Waals surface area contributed by atoms with Crippen molar-refractivity contribution < 1.29 is 14.3 Å². The molecule has 0 fully saturated rings. The average Bonchev–Trinajstić information content (AvgIpc) is 2.59. The van der Waals surface area contributed by atoms with Crippen LogP contribution in [-0.4, -0.2) is 17.9 Å². The first-order valence-electron chi connectivity index (χ1n) is 8.48. The van der Waals surface area contributed by atoms with Crippen LogP contribution in [-0.2, 0) is 4.79 Å². The zero-order valence-corrected chi connectivity index (χ0v) is 16.9. The van der Waals surface area contributed by atoms with Gasteiger partial charge in [0, 0.05) is 23.4 Å². The molecule has 0 aromatic heterocycles. The van der Waals surface area contributed by atoms with Crippen LogP contribution in [0.4, 0.5) is 11.4 Å². The van der Waals surface area contributed by atoms with Gasteiger partial charge in [-0.15, -0.1) is 0 Å². The maximum Gasteiger partial charge on any atom is 0.255 e. The van der Waals surface area contributed by atoms with E-state index in [0.29, 0.717) is 29.1 Å². The fraction of sp³-hybridized carbons (Fsp3) is 0.300. The Morgan fingerprint density at radius 3 is 2.35 bits per heavy atom. The van der Waals surface area contributed by atoms with Crippen molar-refractivity contribution in [1.29, 1.82) is 0 Å². The third-order valence-electron chi connectivity index (χ3n) is 3.73. The van der Waals surface area contributed by atoms with Crippen molar-refractivity contribution >= 4 is 39.1 Å². The van der Waals surface area contributed by atoms with Crippen molar-refractivity contribution in [2.24, 2.45) is 0 Å². The third kappa shape index (κ3) is 5.08. The molecule has 138 valence electrons. The van der Waals surface area contributed by atoms with Gasteiger partial charge in [-0.2, -0.15) is 0 Å². The van der Waals surface area contributed by atoms with Gasteiger partial charge in [-0.1, -0.05) is 13.0 Å². The molecule has 0 aliphatic carbocycles. The molecule has 0 bridgehead atoms. The van der Waals surface area contributed by atoms with E-state index >= 15 is 0 Å². The van der Waals surface area contributed by atoms with E-state index in [4.69, 9.17) is 4.74 Å². The van der Waals surface area contributed by atoms with Crippen LogP contribution < -0.4 is 15.4 Å². The van der Waals surface area contributed by atoms with Crippen molar-refractivity contribution in [2.75, 3.05) is 10.6 Å². The van der Waals surface area contributed by atoms with Crippen LogP contribution >= 0.6 is 15.9 Å². The van der Waals surface area contributed by atoms with E-state index in [1.807, 2.05) is 26.8 Å². The van der Waals surface area contributed by atoms with E-state index in [0.717, 1.165) is 10.0 Å². The van der Waals surface area contributed by atoms with E-state index < -0.39 is 0 Å². The largest absolute Gasteiger partial charge is 0.490 e. The lowest BCUT2D eigenvalue weighted by atomic mass is 10.1. The number of carbonyl (C=O) groups is 2. The fourth-order valence-electron chi connectivity index (χ4n) is 2.33. The van der Waals surface area contributed by atoms with Crippen LogP contribution in [0.1, 0.15) is 43.1 Å². The van der Waals surface area contributed by atoms with Crippen LogP contribution in [0.15, 0.2) is 40.9 Å². The Labute approximate surface area is 162 Å². The molecule has 6 heteroatoms. The minimum absolute atomic E-state index is 0.0506. The van der Waals surface area contributed by atoms with Crippen molar-refractivity contribution in [3.63, 3.8) is 0 Å². The summed E-state index contributed by atoms with van der Waals surface area (Å²) in [6.45, 7) is 7.54. The second kappa shape index (κ2) is 8.85. The van der Waals surface area contributed by atoms with Gasteiger partial charge in [-0.25, -0.2) is 0 Å². The first kappa shape index (κ1) is 20.0. The second-order valence-electron chi connectivity index (χ2n) is 6.15. The van der Waals surface area contributed by atoms with Crippen LogP contribution in [0.5, 0.6) is 5.75 Å². The number of ether oxygens (including phenoxy) is 1. The van der Waals surface area contributed by atoms with Gasteiger partial charge >= 0.3 is 0 Å². The summed E-state index contributed by atoms with van der Waals surface area (Å²) >= 11 is 3.44. The molecule has 26 heavy (non-hydrogen) atoms. The summed E-state index contributed by atoms with van der Waals surface area (Å²) < 4.78 is 6.38. The van der Waals surface area contributed by atoms with Crippen LogP contribution in [0, 0.1) is 6.92 Å². The molecule has 0 saturated carbocycles. The van der Waals surface area contributed by atoms with E-state index in [1.54, 1.807) is 37.3 Å². The number of hydrogen-bond donors (Lipinski definition) is 2. The molecule has 5 nitrogen and oxygen atoms in total. The maximum absolute atomic E-state index is 12.6. The van der Waals surface area contributed by atoms with Crippen molar-refractivity contribution in [2.45, 2.75) is 40.2 Å². The standard InChI is InChI=1S/C20H23BrN2O3/c1-5-19(24)22-16-7-6-8-17(13(16)4)23-20(25)14-9-10-18(15(21)11-14)26-12(2)3/h6-12H,5H2,1-4H3,(H,22,24)(H,23,25). The molecule has 0 saturated heterocycles. The number of hydrogen-bond acceptors (Lipinski definition) is 3. The lowest BCUT2D eigenvalue weighted by Crippen LogP contribution is -2.15. The SMILES string of the molecule is CCC(=O)Nc1cccc(NC(=O)c2ccc(OC(C)C)c(Br)c2)c1C. The quantitative estimate of drug-likeness (QED) is 0.681. The summed E-state index contributed by atoms with van der Waals surface area (Å²) in [6.07, 6.45) is 0.448. The van der Waals surface area contributed by atoms with Crippen LogP contribution in [0.2, 0.25) is 0 Å². The highest BCUT2D eigenvalue weighted by atomic mass is 79.9. The normalized spacial score (nSPS) is 10.5. The molecule has 2 amide bonds. The summed E-state index contributed by atoms with van der Waals surface area (Å²) in [4.78, 5) is 24.2. The third-order valence-corrected chi connectivity index (χ3v) is 4.35. The highest BCUT2D eigenvalue weighted by Gasteiger charge is 2.13. The molecule has 0 atom stereocenters. The summed E-state index contributed by atoms with van der Waals surface area (Å²) in [7, 11) is 0. The number of benzene rings is 2. The molecule has 0 radical (unpaired) electrons. The molecular formula is C20H23BrN2O3. The van der Waals surface area contributed by atoms with Gasteiger partial charge in [0.15, 0.2) is 0 Å². The Hall–Kier alpha value is -2.34. The zero-order chi connectivity index (χ0) is 19.3. The van der Waals surface area contributed by atoms with Gasteiger partial charge in [0.05, 0.1) is 10.6 Å². The van der Waals surface area contributed by atoms with Crippen molar-refractivity contribution in [3.8, 4) is 5.75 Å². The minimum atomic E-state index is -0.233. The molecule has 0 unspecified atom stereocenters. The molecule has 2 N–H and O–H groups in total. The number of carbonyl (C=O) groups excluding carboxylic acids is 2. The number of rotatable bonds is 6. The van der Waals surface area contributed by atoms with E-state index in [2.05, 4.69) is 26.6 Å². The number of halogens is 1. The zero-order valence-electron chi connectivity index (χ0n) is 15.4. The van der Waals surface area contributed by atoms with Gasteiger partial charge < -0.3 is 15.4 Å². The summed E-state index contributed by atoms with van der Waals surface area (Å²) in [5.74, 6) is 0.391. The van der Waals surface area contributed by atoms with Crippen molar-refractivity contribution in [1.82, 2.24) is 0 Å². The fourth-order valence-corrected chi connectivity index (χ4v) is 2.80. The number of amides is 2. The first-order valence-corrected chi connectivity index (χ1v) is 9.28. The van der Waals surface area contributed by atoms with Gasteiger partial charge in [0.25, 0.3) is 5.91 Å². The Bertz CT molecular complexity index is 819. The lowest BCUT2D eigenvalue weighted by Gasteiger charge is -2.14. The highest BCUT2D eigenvalue weighted by Crippen LogP contribution is 2.28. The van der Waals surface area contributed by atoms with Crippen molar-refractivity contribution in [3.05, 3.63) is 52.0 Å². The van der Waals surface area contributed by atoms with E-state index in [-0.39, 0.29) is 17.9 Å². The first-order chi connectivity index (χ1) is 12.3. The van der Waals surface area contributed by atoms with Crippen LogP contribution in [0.25, 0.3) is 0 Å². The van der Waals surface area contributed by atoms with E-state index in [9.17, 15) is 9.59 Å². The minimum Gasteiger partial charge on any atom is -0.490 e. The van der Waals surface area contributed by atoms with Gasteiger partial charge in [0.1, 0.15) is 5.75 Å². The second-order valence-corrected chi connectivity index (χ2v) is 7.00. The monoisotopic (exact) mass is 418 g/mol. The van der Waals surface area contributed by atoms with E-state index in [1.165, 1.54) is 0 Å². The Balaban J connectivity index is 2.18. The predicted molar refractivity (Wildman–Crippen MR) is 108 cm³/mol. The molecule has 2 rings (SSSR count). The maximum atomic E-state index is 12.6. The molecule has 0 aliphatic heterocycles. The topological polar surface area (TPSA) is 67.4 Å². The summed E-state index contributed by atoms with van der Waals surface area (Å²) in [6, 6.07) is 10.6. The Kier molecular flexibility index (Phi) is 6.80. The van der Waals surface area contributed by atoms with Gasteiger partial charge in [0.2, 0.25) is 5.91 Å². The lowest BCUT2D eigenvalue weighted by molar-refractivity contribution is -0.115. The Morgan fingerprint density at radius 1 is 1.12 bits per heavy atom. The van der Waals surface area contributed by atoms with Gasteiger partial charge in [-0.3, -0.25) is 9.59 Å². The number of anilines is 2. The van der Waals surface area contributed by atoms with Crippen LogP contribution in [0.3, 0.4) is 0 Å². The molecule has 2 aromatic rings. The predicted octanol–water partition coefficient (Wildman–Crippen LogP) is 5.15.